The Kier molecular flexibility index (Phi) is 4.70. The van der Waals surface area contributed by atoms with Gasteiger partial charge in [-0.25, -0.2) is 0 Å². The lowest BCUT2D eigenvalue weighted by Crippen LogP contribution is -2.51. The van der Waals surface area contributed by atoms with Crippen molar-refractivity contribution in [1.29, 1.82) is 0 Å². The summed E-state index contributed by atoms with van der Waals surface area (Å²) in [7, 11) is 0. The Morgan fingerprint density at radius 3 is 2.66 bits per heavy atom. The van der Waals surface area contributed by atoms with Crippen LogP contribution in [0.2, 0.25) is 0 Å². The molecule has 0 aromatic heterocycles. The van der Waals surface area contributed by atoms with E-state index in [1.165, 1.54) is 50.5 Å². The molecule has 9 atom stereocenters. The zero-order chi connectivity index (χ0) is 20.6. The van der Waals surface area contributed by atoms with E-state index in [-0.39, 0.29) is 23.4 Å². The van der Waals surface area contributed by atoms with E-state index in [9.17, 15) is 4.79 Å². The molecule has 1 heterocycles. The average Bonchev–Trinajstić information content (AvgIpc) is 3.40. The lowest BCUT2D eigenvalue weighted by atomic mass is 9.48. The highest BCUT2D eigenvalue weighted by atomic mass is 16.6. The lowest BCUT2D eigenvalue weighted by molar-refractivity contribution is -0.116. The third-order valence-electron chi connectivity index (χ3n) is 10.1. The van der Waals surface area contributed by atoms with Crippen LogP contribution in [0.3, 0.4) is 0 Å². The van der Waals surface area contributed by atoms with Crippen LogP contribution in [0, 0.1) is 46.3 Å². The molecule has 0 bridgehead atoms. The van der Waals surface area contributed by atoms with Gasteiger partial charge in [0.25, 0.3) is 0 Å². The molecule has 5 aliphatic rings. The van der Waals surface area contributed by atoms with Gasteiger partial charge < -0.3 is 4.74 Å². The Labute approximate surface area is 177 Å². The number of carbonyl (C=O) groups excluding carboxylic acids is 1. The second-order valence-electron chi connectivity index (χ2n) is 11.9. The number of rotatable bonds is 5. The first-order valence-corrected chi connectivity index (χ1v) is 12.4. The van der Waals surface area contributed by atoms with E-state index < -0.39 is 0 Å². The number of epoxide rings is 1. The average molecular weight is 397 g/mol. The summed E-state index contributed by atoms with van der Waals surface area (Å²) in [5, 5.41) is 0. The Morgan fingerprint density at radius 2 is 1.90 bits per heavy atom. The van der Waals surface area contributed by atoms with Gasteiger partial charge in [-0.3, -0.25) is 4.79 Å². The van der Waals surface area contributed by atoms with E-state index in [0.29, 0.717) is 17.3 Å². The van der Waals surface area contributed by atoms with Gasteiger partial charge in [-0.1, -0.05) is 66.0 Å². The lowest BCUT2D eigenvalue weighted by Gasteiger charge is -2.56. The van der Waals surface area contributed by atoms with E-state index >= 15 is 0 Å². The topological polar surface area (TPSA) is 29.6 Å². The maximum Gasteiger partial charge on any atom is 0.187 e. The van der Waals surface area contributed by atoms with Crippen molar-refractivity contribution in [3.05, 3.63) is 23.8 Å². The molecule has 5 rings (SSSR count). The maximum atomic E-state index is 12.2. The Hall–Kier alpha value is -0.890. The van der Waals surface area contributed by atoms with Gasteiger partial charge >= 0.3 is 0 Å². The van der Waals surface area contributed by atoms with Crippen LogP contribution in [-0.4, -0.2) is 18.0 Å². The highest BCUT2D eigenvalue weighted by Gasteiger charge is 2.66. The molecule has 2 saturated carbocycles. The highest BCUT2D eigenvalue weighted by molar-refractivity contribution is 5.98. The van der Waals surface area contributed by atoms with Crippen LogP contribution < -0.4 is 0 Å². The highest BCUT2D eigenvalue weighted by Crippen LogP contribution is 2.68. The molecule has 0 aromatic rings. The van der Waals surface area contributed by atoms with Crippen molar-refractivity contribution in [3.63, 3.8) is 0 Å². The normalized spacial score (nSPS) is 48.5. The minimum Gasteiger partial charge on any atom is -0.360 e. The van der Waals surface area contributed by atoms with Gasteiger partial charge in [-0.2, -0.15) is 0 Å². The zero-order valence-electron chi connectivity index (χ0n) is 19.1. The number of fused-ring (bicyclic) bond motifs is 7. The molecule has 9 unspecified atom stereocenters. The number of allylic oxidation sites excluding steroid dienone is 2. The summed E-state index contributed by atoms with van der Waals surface area (Å²) in [5.41, 5.74) is 1.80. The zero-order valence-corrected chi connectivity index (χ0v) is 19.1. The van der Waals surface area contributed by atoms with Gasteiger partial charge in [0.05, 0.1) is 0 Å². The van der Waals surface area contributed by atoms with Crippen molar-refractivity contribution < 1.29 is 9.53 Å². The van der Waals surface area contributed by atoms with Gasteiger partial charge in [0, 0.05) is 5.41 Å². The molecule has 160 valence electrons. The fourth-order valence-corrected chi connectivity index (χ4v) is 8.39. The molecule has 0 N–H and O–H groups in total. The van der Waals surface area contributed by atoms with Crippen LogP contribution >= 0.6 is 0 Å². The molecule has 0 aromatic carbocycles. The number of carbonyl (C=O) groups is 1. The summed E-state index contributed by atoms with van der Waals surface area (Å²) in [6.07, 6.45) is 16.4. The molecule has 29 heavy (non-hydrogen) atoms. The number of ether oxygens (including phenoxy) is 1. The van der Waals surface area contributed by atoms with E-state index in [2.05, 4.69) is 46.8 Å². The molecule has 2 nitrogen and oxygen atoms in total. The maximum absolute atomic E-state index is 12.2. The van der Waals surface area contributed by atoms with Crippen LogP contribution in [0.4, 0.5) is 0 Å². The molecular weight excluding hydrogens is 356 g/mol. The predicted molar refractivity (Wildman–Crippen MR) is 117 cm³/mol. The number of hydrogen-bond donors (Lipinski definition) is 0. The Balaban J connectivity index is 1.37. The van der Waals surface area contributed by atoms with Crippen LogP contribution in [0.1, 0.15) is 79.6 Å². The molecule has 0 radical (unpaired) electrons. The van der Waals surface area contributed by atoms with Crippen molar-refractivity contribution in [2.45, 2.75) is 91.8 Å². The van der Waals surface area contributed by atoms with Crippen LogP contribution in [0.5, 0.6) is 0 Å². The fourth-order valence-electron chi connectivity index (χ4n) is 8.39. The van der Waals surface area contributed by atoms with Crippen LogP contribution in [0.25, 0.3) is 0 Å². The van der Waals surface area contributed by atoms with Crippen molar-refractivity contribution in [1.82, 2.24) is 0 Å². The number of hydrogen-bond acceptors (Lipinski definition) is 2. The van der Waals surface area contributed by atoms with Crippen molar-refractivity contribution in [3.8, 4) is 0 Å². The SMILES string of the molecule is CC(C)CCCC(C)C1CCC2C3C=CC4=CC(=O)C5OC5C4(C)C3CCC12C. The summed E-state index contributed by atoms with van der Waals surface area (Å²) in [6.45, 7) is 12.3. The van der Waals surface area contributed by atoms with Crippen molar-refractivity contribution in [2.24, 2.45) is 46.3 Å². The van der Waals surface area contributed by atoms with Gasteiger partial charge in [-0.05, 0) is 78.3 Å². The van der Waals surface area contributed by atoms with E-state index in [4.69, 9.17) is 4.74 Å². The second kappa shape index (κ2) is 6.81. The monoisotopic (exact) mass is 396 g/mol. The summed E-state index contributed by atoms with van der Waals surface area (Å²) >= 11 is 0. The number of ketones is 1. The summed E-state index contributed by atoms with van der Waals surface area (Å²) in [6, 6.07) is 0. The second-order valence-corrected chi connectivity index (χ2v) is 11.9. The first-order valence-electron chi connectivity index (χ1n) is 12.4. The molecule has 2 heteroatoms. The predicted octanol–water partition coefficient (Wildman–Crippen LogP) is 6.36. The Bertz CT molecular complexity index is 748. The standard InChI is InChI=1S/C27H40O2/c1-16(2)7-6-8-17(3)20-11-12-21-19-10-9-18-15-23(28)24-25(29-24)27(18,5)22(19)13-14-26(20,21)4/h9-10,15-17,19-22,24-25H,6-8,11-14H2,1-5H3. The van der Waals surface area contributed by atoms with Gasteiger partial charge in [-0.15, -0.1) is 0 Å². The van der Waals surface area contributed by atoms with Crippen LogP contribution in [-0.2, 0) is 9.53 Å². The van der Waals surface area contributed by atoms with Crippen molar-refractivity contribution in [2.75, 3.05) is 0 Å². The minimum absolute atomic E-state index is 0.0558. The third kappa shape index (κ3) is 2.87. The van der Waals surface area contributed by atoms with E-state index in [1.807, 2.05) is 6.08 Å². The smallest absolute Gasteiger partial charge is 0.187 e. The van der Waals surface area contributed by atoms with E-state index in [1.54, 1.807) is 0 Å². The minimum atomic E-state index is -0.137. The summed E-state index contributed by atoms with van der Waals surface area (Å²) in [4.78, 5) is 12.2. The summed E-state index contributed by atoms with van der Waals surface area (Å²) < 4.78 is 5.94. The molecule has 1 aliphatic heterocycles. The molecular formula is C27H40O2. The molecule has 0 amide bonds. The first kappa shape index (κ1) is 20.0. The third-order valence-corrected chi connectivity index (χ3v) is 10.1. The van der Waals surface area contributed by atoms with Gasteiger partial charge in [0.2, 0.25) is 0 Å². The van der Waals surface area contributed by atoms with Gasteiger partial charge in [0.1, 0.15) is 12.2 Å². The molecule has 3 fully saturated rings. The van der Waals surface area contributed by atoms with Crippen molar-refractivity contribution >= 4 is 5.78 Å². The quantitative estimate of drug-likeness (QED) is 0.506. The van der Waals surface area contributed by atoms with Gasteiger partial charge in [0.15, 0.2) is 5.78 Å². The Morgan fingerprint density at radius 1 is 1.10 bits per heavy atom. The largest absolute Gasteiger partial charge is 0.360 e. The van der Waals surface area contributed by atoms with E-state index in [0.717, 1.165) is 23.7 Å². The molecule has 1 saturated heterocycles. The summed E-state index contributed by atoms with van der Waals surface area (Å²) in [5.74, 6) is 4.89. The fraction of sp³-hybridized carbons (Fsp3) is 0.815. The first-order chi connectivity index (χ1) is 13.8. The molecule has 0 spiro atoms. The molecule has 4 aliphatic carbocycles. The van der Waals surface area contributed by atoms with Crippen LogP contribution in [0.15, 0.2) is 23.8 Å².